The van der Waals surface area contributed by atoms with Gasteiger partial charge in [0.05, 0.1) is 14.2 Å². The summed E-state index contributed by atoms with van der Waals surface area (Å²) in [7, 11) is 2.84. The molecule has 1 aromatic carbocycles. The van der Waals surface area contributed by atoms with Crippen LogP contribution in [0.5, 0.6) is 5.75 Å². The molecule has 1 N–H and O–H groups in total. The minimum absolute atomic E-state index is 0.315. The smallest absolute Gasteiger partial charge is 0.319 e. The molecule has 1 atom stereocenters. The van der Waals surface area contributed by atoms with Crippen LogP contribution in [-0.2, 0) is 14.3 Å². The average Bonchev–Trinajstić information content (AvgIpc) is 2.73. The van der Waals surface area contributed by atoms with E-state index in [1.807, 2.05) is 6.07 Å². The quantitative estimate of drug-likeness (QED) is 0.669. The molecule has 5 nitrogen and oxygen atoms in total. The minimum atomic E-state index is -0.779. The van der Waals surface area contributed by atoms with Gasteiger partial charge in [0.25, 0.3) is 5.91 Å². The van der Waals surface area contributed by atoms with Crippen molar-refractivity contribution in [3.8, 4) is 5.75 Å². The van der Waals surface area contributed by atoms with E-state index in [1.165, 1.54) is 7.11 Å². The van der Waals surface area contributed by atoms with Crippen LogP contribution in [0.3, 0.4) is 0 Å². The van der Waals surface area contributed by atoms with Gasteiger partial charge in [0.1, 0.15) is 11.7 Å². The van der Waals surface area contributed by atoms with Gasteiger partial charge in [-0.1, -0.05) is 18.7 Å². The first-order chi connectivity index (χ1) is 9.56. The predicted octanol–water partition coefficient (Wildman–Crippen LogP) is 1.51. The molecule has 0 radical (unpaired) electrons. The second-order valence-electron chi connectivity index (χ2n) is 4.31. The molecule has 0 aromatic heterocycles. The van der Waals surface area contributed by atoms with Crippen LogP contribution in [-0.4, -0.2) is 26.1 Å². The molecular formula is C15H15NO4. The highest BCUT2D eigenvalue weighted by atomic mass is 16.5. The second-order valence-corrected chi connectivity index (χ2v) is 4.31. The normalized spacial score (nSPS) is 19.9. The number of carbonyl (C=O) groups excluding carboxylic acids is 2. The number of nitrogens with one attached hydrogen (secondary N) is 1. The van der Waals surface area contributed by atoms with Crippen LogP contribution in [0.4, 0.5) is 0 Å². The molecule has 1 heterocycles. The van der Waals surface area contributed by atoms with E-state index in [2.05, 4.69) is 11.9 Å². The van der Waals surface area contributed by atoms with Crippen LogP contribution in [0.15, 0.2) is 42.1 Å². The molecule has 0 aliphatic carbocycles. The molecular weight excluding hydrogens is 258 g/mol. The van der Waals surface area contributed by atoms with Gasteiger partial charge >= 0.3 is 5.97 Å². The highest BCUT2D eigenvalue weighted by molar-refractivity contribution is 6.08. The molecule has 20 heavy (non-hydrogen) atoms. The van der Waals surface area contributed by atoms with E-state index < -0.39 is 11.9 Å². The van der Waals surface area contributed by atoms with Crippen LogP contribution in [0, 0.1) is 5.92 Å². The Morgan fingerprint density at radius 3 is 2.80 bits per heavy atom. The molecule has 0 spiro atoms. The number of benzene rings is 1. The molecule has 5 heteroatoms. The maximum atomic E-state index is 11.9. The monoisotopic (exact) mass is 273 g/mol. The summed E-state index contributed by atoms with van der Waals surface area (Å²) in [5.41, 5.74) is 1.41. The largest absolute Gasteiger partial charge is 0.497 e. The number of amides is 1. The second kappa shape index (κ2) is 5.61. The minimum Gasteiger partial charge on any atom is -0.497 e. The van der Waals surface area contributed by atoms with E-state index in [4.69, 9.17) is 9.47 Å². The molecule has 0 unspecified atom stereocenters. The van der Waals surface area contributed by atoms with E-state index >= 15 is 0 Å². The lowest BCUT2D eigenvalue weighted by atomic mass is 9.98. The molecule has 1 aliphatic rings. The number of carbonyl (C=O) groups is 2. The lowest BCUT2D eigenvalue weighted by molar-refractivity contribution is -0.142. The van der Waals surface area contributed by atoms with Gasteiger partial charge in [-0.3, -0.25) is 9.59 Å². The lowest BCUT2D eigenvalue weighted by Crippen LogP contribution is -2.17. The molecule has 1 aromatic rings. The number of hydrogen-bond acceptors (Lipinski definition) is 4. The Morgan fingerprint density at radius 1 is 1.40 bits per heavy atom. The Labute approximate surface area is 116 Å². The van der Waals surface area contributed by atoms with Crippen molar-refractivity contribution in [3.63, 3.8) is 0 Å². The zero-order valence-electron chi connectivity index (χ0n) is 11.3. The molecule has 1 fully saturated rings. The number of esters is 1. The Bertz CT molecular complexity index is 604. The van der Waals surface area contributed by atoms with Crippen molar-refractivity contribution in [3.05, 3.63) is 47.7 Å². The van der Waals surface area contributed by atoms with Crippen LogP contribution < -0.4 is 10.1 Å². The van der Waals surface area contributed by atoms with Gasteiger partial charge in [-0.25, -0.2) is 0 Å². The zero-order chi connectivity index (χ0) is 14.7. The summed E-state index contributed by atoms with van der Waals surface area (Å²) in [6.07, 6.45) is 1.64. The van der Waals surface area contributed by atoms with Gasteiger partial charge < -0.3 is 14.8 Å². The van der Waals surface area contributed by atoms with Gasteiger partial charge in [-0.2, -0.15) is 0 Å². The van der Waals surface area contributed by atoms with Gasteiger partial charge in [0.2, 0.25) is 0 Å². The van der Waals surface area contributed by atoms with E-state index in [0.29, 0.717) is 17.0 Å². The Kier molecular flexibility index (Phi) is 3.89. The van der Waals surface area contributed by atoms with Crippen LogP contribution in [0.2, 0.25) is 0 Å². The Hall–Kier alpha value is -2.56. The number of methoxy groups -OCH3 is 2. The number of rotatable bonds is 3. The molecule has 1 amide bonds. The Morgan fingerprint density at radius 2 is 2.15 bits per heavy atom. The third-order valence-corrected chi connectivity index (χ3v) is 3.05. The molecule has 2 rings (SSSR count). The van der Waals surface area contributed by atoms with Crippen molar-refractivity contribution in [1.29, 1.82) is 0 Å². The van der Waals surface area contributed by atoms with Crippen molar-refractivity contribution in [1.82, 2.24) is 5.32 Å². The summed E-state index contributed by atoms with van der Waals surface area (Å²) in [6, 6.07) is 7.20. The van der Waals surface area contributed by atoms with Crippen molar-refractivity contribution in [2.75, 3.05) is 14.2 Å². The summed E-state index contributed by atoms with van der Waals surface area (Å²) in [5, 5.41) is 2.55. The summed E-state index contributed by atoms with van der Waals surface area (Å²) in [4.78, 5) is 23.6. The summed E-state index contributed by atoms with van der Waals surface area (Å²) >= 11 is 0. The average molecular weight is 273 g/mol. The predicted molar refractivity (Wildman–Crippen MR) is 73.8 cm³/mol. The fourth-order valence-electron chi connectivity index (χ4n) is 2.06. The first-order valence-electron chi connectivity index (χ1n) is 6.00. The molecule has 0 bridgehead atoms. The Balaban J connectivity index is 2.41. The third-order valence-electron chi connectivity index (χ3n) is 3.05. The van der Waals surface area contributed by atoms with E-state index in [-0.39, 0.29) is 5.91 Å². The zero-order valence-corrected chi connectivity index (χ0v) is 11.3. The standard InChI is InChI=1S/C15H15NO4/c1-9-13(15(18)20-3)12(14(17)16-9)8-10-5-4-6-11(7-10)19-2/h4-8,13H,1H2,2-3H3,(H,16,17)/b12-8+/t13-/m1/s1. The summed E-state index contributed by atoms with van der Waals surface area (Å²) in [6.45, 7) is 3.68. The maximum Gasteiger partial charge on any atom is 0.319 e. The number of hydrogen-bond donors (Lipinski definition) is 1. The van der Waals surface area contributed by atoms with Crippen LogP contribution >= 0.6 is 0 Å². The first-order valence-corrected chi connectivity index (χ1v) is 6.00. The van der Waals surface area contributed by atoms with Gasteiger partial charge in [0, 0.05) is 11.3 Å². The fourth-order valence-corrected chi connectivity index (χ4v) is 2.06. The van der Waals surface area contributed by atoms with Crippen LogP contribution in [0.25, 0.3) is 6.08 Å². The molecule has 104 valence electrons. The van der Waals surface area contributed by atoms with E-state index in [9.17, 15) is 9.59 Å². The molecule has 0 saturated carbocycles. The summed E-state index contributed by atoms with van der Waals surface area (Å²) < 4.78 is 9.83. The van der Waals surface area contributed by atoms with E-state index in [0.717, 1.165) is 5.56 Å². The fraction of sp³-hybridized carbons (Fsp3) is 0.200. The SMILES string of the molecule is C=C1NC(=O)/C(=C/c2cccc(OC)c2)[C@@H]1C(=O)OC. The maximum absolute atomic E-state index is 11.9. The number of ether oxygens (including phenoxy) is 2. The van der Waals surface area contributed by atoms with Gasteiger partial charge in [-0.15, -0.1) is 0 Å². The third kappa shape index (κ3) is 2.56. The molecule has 1 aliphatic heterocycles. The van der Waals surface area contributed by atoms with Crippen LogP contribution in [0.1, 0.15) is 5.56 Å². The molecule has 1 saturated heterocycles. The van der Waals surface area contributed by atoms with Crippen molar-refractivity contribution < 1.29 is 19.1 Å². The van der Waals surface area contributed by atoms with Crippen molar-refractivity contribution >= 4 is 18.0 Å². The van der Waals surface area contributed by atoms with Gasteiger partial charge in [-0.05, 0) is 23.8 Å². The lowest BCUT2D eigenvalue weighted by Gasteiger charge is -2.08. The van der Waals surface area contributed by atoms with Crippen molar-refractivity contribution in [2.45, 2.75) is 0 Å². The highest BCUT2D eigenvalue weighted by Gasteiger charge is 2.37. The summed E-state index contributed by atoms with van der Waals surface area (Å²) in [5.74, 6) is -0.958. The van der Waals surface area contributed by atoms with Crippen molar-refractivity contribution in [2.24, 2.45) is 5.92 Å². The van der Waals surface area contributed by atoms with Gasteiger partial charge in [0.15, 0.2) is 0 Å². The first kappa shape index (κ1) is 13.9. The van der Waals surface area contributed by atoms with E-state index in [1.54, 1.807) is 31.4 Å². The highest BCUT2D eigenvalue weighted by Crippen LogP contribution is 2.28. The topological polar surface area (TPSA) is 64.6 Å².